The zero-order valence-corrected chi connectivity index (χ0v) is 15.5. The van der Waals surface area contributed by atoms with Crippen LogP contribution in [0.15, 0.2) is 28.7 Å². The van der Waals surface area contributed by atoms with Crippen LogP contribution in [-0.2, 0) is 17.0 Å². The van der Waals surface area contributed by atoms with Gasteiger partial charge >= 0.3 is 5.97 Å². The zero-order valence-electron chi connectivity index (χ0n) is 14.7. The van der Waals surface area contributed by atoms with Crippen molar-refractivity contribution in [3.05, 3.63) is 47.2 Å². The van der Waals surface area contributed by atoms with Crippen LogP contribution in [0.2, 0.25) is 0 Å². The molecule has 140 valence electrons. The summed E-state index contributed by atoms with van der Waals surface area (Å²) in [6, 6.07) is 7.71. The summed E-state index contributed by atoms with van der Waals surface area (Å²) in [4.78, 5) is 14.8. The average Bonchev–Trinajstić information content (AvgIpc) is 2.87. The van der Waals surface area contributed by atoms with Gasteiger partial charge in [0, 0.05) is 19.1 Å². The van der Waals surface area contributed by atoms with Crippen LogP contribution in [-0.4, -0.2) is 28.4 Å². The lowest BCUT2D eigenvalue weighted by atomic mass is 10.2. The highest BCUT2D eigenvalue weighted by Gasteiger charge is 2.07. The Balaban J connectivity index is 0.00000185. The summed E-state index contributed by atoms with van der Waals surface area (Å²) < 4.78 is 11.1. The average molecular weight is 368 g/mol. The number of thioether (sulfide) groups is 1. The summed E-state index contributed by atoms with van der Waals surface area (Å²) in [6.07, 6.45) is 0.696. The van der Waals surface area contributed by atoms with Gasteiger partial charge in [-0.05, 0) is 24.6 Å². The van der Waals surface area contributed by atoms with Crippen LogP contribution in [0.4, 0.5) is 0 Å². The third-order valence-corrected chi connectivity index (χ3v) is 3.99. The summed E-state index contributed by atoms with van der Waals surface area (Å²) in [5.41, 5.74) is 1.97. The van der Waals surface area contributed by atoms with Crippen molar-refractivity contribution in [3.8, 4) is 5.75 Å². The van der Waals surface area contributed by atoms with E-state index in [-0.39, 0.29) is 13.2 Å². The second-order valence-electron chi connectivity index (χ2n) is 4.87. The van der Waals surface area contributed by atoms with Gasteiger partial charge in [0.05, 0.1) is 18.1 Å². The molecule has 0 aliphatic rings. The topological polar surface area (TPSA) is 72.6 Å². The molecule has 2 rings (SSSR count). The van der Waals surface area contributed by atoms with E-state index in [1.807, 2.05) is 52.0 Å². The molecular weight excluding hydrogens is 338 g/mol. The minimum absolute atomic E-state index is 0. The molecule has 1 heterocycles. The van der Waals surface area contributed by atoms with Gasteiger partial charge in [-0.1, -0.05) is 33.4 Å². The third kappa shape index (κ3) is 8.63. The van der Waals surface area contributed by atoms with E-state index in [0.717, 1.165) is 22.8 Å². The molecule has 0 bridgehead atoms. The molecule has 25 heavy (non-hydrogen) atoms. The predicted octanol–water partition coefficient (Wildman–Crippen LogP) is 4.89. The van der Waals surface area contributed by atoms with Crippen LogP contribution >= 0.6 is 11.8 Å². The van der Waals surface area contributed by atoms with Crippen molar-refractivity contribution in [2.24, 2.45) is 0 Å². The van der Waals surface area contributed by atoms with Crippen LogP contribution in [0.5, 0.6) is 5.75 Å². The summed E-state index contributed by atoms with van der Waals surface area (Å²) in [7, 11) is 0. The smallest absolute Gasteiger partial charge is 0.313 e. The van der Waals surface area contributed by atoms with Crippen LogP contribution in [0, 0.1) is 13.8 Å². The van der Waals surface area contributed by atoms with E-state index in [4.69, 9.17) is 14.3 Å². The van der Waals surface area contributed by atoms with Gasteiger partial charge in [0.25, 0.3) is 0 Å². The Morgan fingerprint density at radius 1 is 1.32 bits per heavy atom. The molecule has 2 aromatic rings. The van der Waals surface area contributed by atoms with Gasteiger partial charge in [-0.15, -0.1) is 11.8 Å². The molecule has 0 aliphatic carbocycles. The van der Waals surface area contributed by atoms with Crippen molar-refractivity contribution in [1.82, 2.24) is 4.98 Å². The van der Waals surface area contributed by atoms with Crippen molar-refractivity contribution in [1.29, 1.82) is 0 Å². The second kappa shape index (κ2) is 12.4. The predicted molar refractivity (Wildman–Crippen MR) is 103 cm³/mol. The standard InChI is InChI=1S/C16H19NO4S.C2H6.CH4/c1-11-15(17-12(2)21-11)6-7-20-14-5-3-4-13(8-14)9-22-10-16(18)19;1-2;/h3-5,8H,6-7,9-10H2,1-2H3,(H,18,19);1-2H3;1H4. The third-order valence-electron chi connectivity index (χ3n) is 3.00. The highest BCUT2D eigenvalue weighted by atomic mass is 32.2. The molecule has 0 radical (unpaired) electrons. The van der Waals surface area contributed by atoms with E-state index in [9.17, 15) is 4.79 Å². The van der Waals surface area contributed by atoms with E-state index < -0.39 is 5.97 Å². The number of benzene rings is 1. The van der Waals surface area contributed by atoms with Crippen molar-refractivity contribution in [2.75, 3.05) is 12.4 Å². The lowest BCUT2D eigenvalue weighted by molar-refractivity contribution is -0.133. The molecule has 1 aromatic carbocycles. The van der Waals surface area contributed by atoms with E-state index in [1.165, 1.54) is 11.8 Å². The normalized spacial score (nSPS) is 9.60. The molecule has 6 heteroatoms. The van der Waals surface area contributed by atoms with Gasteiger partial charge in [-0.2, -0.15) is 0 Å². The number of aliphatic carboxylic acids is 1. The fourth-order valence-electron chi connectivity index (χ4n) is 2.05. The van der Waals surface area contributed by atoms with E-state index in [1.54, 1.807) is 0 Å². The molecule has 0 unspecified atom stereocenters. The molecule has 1 aromatic heterocycles. The molecular formula is C19H29NO4S. The molecule has 0 amide bonds. The van der Waals surface area contributed by atoms with E-state index in [0.29, 0.717) is 24.7 Å². The van der Waals surface area contributed by atoms with Gasteiger partial charge in [0.2, 0.25) is 0 Å². The molecule has 0 saturated heterocycles. The first-order valence-corrected chi connectivity index (χ1v) is 9.14. The lowest BCUT2D eigenvalue weighted by Gasteiger charge is -2.07. The first kappa shape index (κ1) is 23.1. The minimum atomic E-state index is -0.796. The fraction of sp³-hybridized carbons (Fsp3) is 0.474. The number of carbonyl (C=O) groups is 1. The number of rotatable bonds is 8. The largest absolute Gasteiger partial charge is 0.493 e. The Hall–Kier alpha value is -1.95. The van der Waals surface area contributed by atoms with E-state index in [2.05, 4.69) is 4.98 Å². The molecule has 5 nitrogen and oxygen atoms in total. The Morgan fingerprint density at radius 3 is 2.64 bits per heavy atom. The summed E-state index contributed by atoms with van der Waals surface area (Å²) in [6.45, 7) is 8.25. The number of nitrogens with zero attached hydrogens (tertiary/aromatic N) is 1. The van der Waals surface area contributed by atoms with Gasteiger partial charge in [-0.25, -0.2) is 4.98 Å². The van der Waals surface area contributed by atoms with Gasteiger partial charge < -0.3 is 14.3 Å². The summed E-state index contributed by atoms with van der Waals surface area (Å²) in [5.74, 6) is 2.26. The number of aryl methyl sites for hydroxylation is 2. The summed E-state index contributed by atoms with van der Waals surface area (Å²) >= 11 is 1.37. The lowest BCUT2D eigenvalue weighted by Crippen LogP contribution is -2.03. The van der Waals surface area contributed by atoms with Gasteiger partial charge in [0.15, 0.2) is 5.89 Å². The molecule has 0 atom stereocenters. The molecule has 0 saturated carbocycles. The highest BCUT2D eigenvalue weighted by molar-refractivity contribution is 7.99. The SMILES string of the molecule is C.CC.Cc1nc(CCOc2cccc(CSCC(=O)O)c2)c(C)o1. The maximum atomic E-state index is 10.5. The number of hydrogen-bond acceptors (Lipinski definition) is 5. The minimum Gasteiger partial charge on any atom is -0.493 e. The first-order chi connectivity index (χ1) is 11.5. The van der Waals surface area contributed by atoms with Crippen LogP contribution in [0.3, 0.4) is 0 Å². The number of oxazole rings is 1. The number of aromatic nitrogens is 1. The number of hydrogen-bond donors (Lipinski definition) is 1. The zero-order chi connectivity index (χ0) is 17.9. The second-order valence-corrected chi connectivity index (χ2v) is 5.85. The maximum Gasteiger partial charge on any atom is 0.313 e. The summed E-state index contributed by atoms with van der Waals surface area (Å²) in [5, 5.41) is 8.64. The van der Waals surface area contributed by atoms with Crippen molar-refractivity contribution >= 4 is 17.7 Å². The van der Waals surface area contributed by atoms with Crippen LogP contribution in [0.25, 0.3) is 0 Å². The van der Waals surface area contributed by atoms with Gasteiger partial charge in [0.1, 0.15) is 11.5 Å². The van der Waals surface area contributed by atoms with Crippen molar-refractivity contribution in [3.63, 3.8) is 0 Å². The Kier molecular flexibility index (Phi) is 11.4. The first-order valence-electron chi connectivity index (χ1n) is 7.99. The maximum absolute atomic E-state index is 10.5. The van der Waals surface area contributed by atoms with Crippen molar-refractivity contribution in [2.45, 2.75) is 47.3 Å². The number of carboxylic acid groups (broad SMARTS) is 1. The molecule has 0 spiro atoms. The van der Waals surface area contributed by atoms with Crippen LogP contribution in [0.1, 0.15) is 44.2 Å². The Labute approximate surface area is 154 Å². The quantitative estimate of drug-likeness (QED) is 0.716. The fourth-order valence-corrected chi connectivity index (χ4v) is 2.74. The van der Waals surface area contributed by atoms with E-state index >= 15 is 0 Å². The number of carboxylic acids is 1. The molecule has 0 aliphatic heterocycles. The molecule has 1 N–H and O–H groups in total. The monoisotopic (exact) mass is 367 g/mol. The van der Waals surface area contributed by atoms with Gasteiger partial charge in [-0.3, -0.25) is 4.79 Å². The molecule has 0 fully saturated rings. The highest BCUT2D eigenvalue weighted by Crippen LogP contribution is 2.18. The number of ether oxygens (including phenoxy) is 1. The Morgan fingerprint density at radius 2 is 2.04 bits per heavy atom. The van der Waals surface area contributed by atoms with Crippen LogP contribution < -0.4 is 4.74 Å². The van der Waals surface area contributed by atoms with Crippen molar-refractivity contribution < 1.29 is 19.1 Å². The Bertz CT molecular complexity index is 640.